The lowest BCUT2D eigenvalue weighted by Crippen LogP contribution is -2.35. The molecule has 0 aromatic heterocycles. The van der Waals surface area contributed by atoms with Gasteiger partial charge in [0.15, 0.2) is 17.1 Å². The van der Waals surface area contributed by atoms with Crippen LogP contribution in [0.5, 0.6) is 23.0 Å². The number of phenolic OH excluding ortho intramolecular Hbond substituents is 2. The number of benzene rings is 3. The molecular formula is C20H8Br4O8S. The summed E-state index contributed by atoms with van der Waals surface area (Å²) in [7, 11) is -5.00. The first kappa shape index (κ1) is 23.1. The third-order valence-electron chi connectivity index (χ3n) is 5.38. The van der Waals surface area contributed by atoms with Crippen LogP contribution in [0.15, 0.2) is 53.1 Å². The number of phenols is 2. The third-order valence-corrected chi connectivity index (χ3v) is 9.42. The molecule has 8 nitrogen and oxygen atoms in total. The molecule has 0 saturated carbocycles. The van der Waals surface area contributed by atoms with Crippen LogP contribution in [0.3, 0.4) is 0 Å². The molecule has 0 saturated heterocycles. The molecule has 3 N–H and O–H groups in total. The molecule has 2 aliphatic rings. The van der Waals surface area contributed by atoms with Gasteiger partial charge in [0, 0.05) is 5.56 Å². The van der Waals surface area contributed by atoms with Crippen LogP contribution in [0.1, 0.15) is 27.0 Å². The van der Waals surface area contributed by atoms with Gasteiger partial charge < -0.3 is 19.7 Å². The molecule has 3 aromatic carbocycles. The Hall–Kier alpha value is -1.64. The zero-order valence-corrected chi connectivity index (χ0v) is 22.9. The number of carbonyl (C=O) groups is 1. The van der Waals surface area contributed by atoms with E-state index in [1.54, 1.807) is 18.2 Å². The summed E-state index contributed by atoms with van der Waals surface area (Å²) < 4.78 is 47.0. The van der Waals surface area contributed by atoms with Crippen molar-refractivity contribution in [3.05, 3.63) is 70.5 Å². The quantitative estimate of drug-likeness (QED) is 0.207. The van der Waals surface area contributed by atoms with Crippen LogP contribution in [0.2, 0.25) is 0 Å². The Morgan fingerprint density at radius 3 is 2.18 bits per heavy atom. The van der Waals surface area contributed by atoms with Crippen molar-refractivity contribution < 1.29 is 37.5 Å². The van der Waals surface area contributed by atoms with Crippen molar-refractivity contribution in [2.45, 2.75) is 10.5 Å². The lowest BCUT2D eigenvalue weighted by atomic mass is 9.77. The summed E-state index contributed by atoms with van der Waals surface area (Å²) in [6.07, 6.45) is 0. The van der Waals surface area contributed by atoms with E-state index in [0.29, 0.717) is 0 Å². The Balaban J connectivity index is 2.09. The highest BCUT2D eigenvalue weighted by atomic mass is 79.9. The molecule has 0 amide bonds. The van der Waals surface area contributed by atoms with Gasteiger partial charge in [-0.25, -0.2) is 4.79 Å². The average Bonchev–Trinajstić information content (AvgIpc) is 3.05. The molecule has 0 fully saturated rings. The molecule has 0 radical (unpaired) electrons. The molecule has 5 rings (SSSR count). The van der Waals surface area contributed by atoms with Crippen LogP contribution in [0.4, 0.5) is 0 Å². The van der Waals surface area contributed by atoms with Gasteiger partial charge in [-0.05, 0) is 75.9 Å². The van der Waals surface area contributed by atoms with Gasteiger partial charge in [0.05, 0.1) is 25.6 Å². The number of aromatic hydroxyl groups is 2. The summed E-state index contributed by atoms with van der Waals surface area (Å²) in [5, 5.41) is 21.0. The normalized spacial score (nSPS) is 18.4. The van der Waals surface area contributed by atoms with E-state index in [-0.39, 0.29) is 57.4 Å². The molecule has 170 valence electrons. The van der Waals surface area contributed by atoms with E-state index in [1.165, 1.54) is 12.1 Å². The third kappa shape index (κ3) is 2.99. The van der Waals surface area contributed by atoms with Crippen LogP contribution in [-0.2, 0) is 20.5 Å². The maximum atomic E-state index is 13.0. The Kier molecular flexibility index (Phi) is 5.20. The number of fused-ring (bicyclic) bond motifs is 6. The van der Waals surface area contributed by atoms with E-state index in [1.807, 2.05) is 0 Å². The van der Waals surface area contributed by atoms with E-state index in [4.69, 9.17) is 9.47 Å². The van der Waals surface area contributed by atoms with E-state index < -0.39 is 32.3 Å². The SMILES string of the molecule is O=C1OC2(c3ccccc31)c1cc(Br)c(O)c(Br)c1Oc1c(Br)c(O)c(Br)c(S(=O)(=O)O)c12. The minimum absolute atomic E-state index is 0.0106. The van der Waals surface area contributed by atoms with Crippen molar-refractivity contribution in [1.82, 2.24) is 0 Å². The first-order chi connectivity index (χ1) is 15.4. The predicted octanol–water partition coefficient (Wildman–Crippen LogP) is 5.96. The first-order valence-corrected chi connectivity index (χ1v) is 13.5. The van der Waals surface area contributed by atoms with E-state index in [2.05, 4.69) is 63.7 Å². The van der Waals surface area contributed by atoms with Crippen molar-refractivity contribution >= 4 is 79.8 Å². The number of hydrogen-bond donors (Lipinski definition) is 3. The highest BCUT2D eigenvalue weighted by Gasteiger charge is 2.57. The number of halogens is 4. The summed E-state index contributed by atoms with van der Waals surface area (Å²) >= 11 is 12.8. The number of rotatable bonds is 1. The summed E-state index contributed by atoms with van der Waals surface area (Å²) in [5.41, 5.74) is -1.55. The van der Waals surface area contributed by atoms with Crippen molar-refractivity contribution in [1.29, 1.82) is 0 Å². The van der Waals surface area contributed by atoms with Crippen LogP contribution in [0, 0.1) is 0 Å². The van der Waals surface area contributed by atoms with Gasteiger partial charge in [0.1, 0.15) is 25.3 Å². The van der Waals surface area contributed by atoms with Gasteiger partial charge in [0.25, 0.3) is 10.1 Å². The van der Waals surface area contributed by atoms with Crippen molar-refractivity contribution in [2.75, 3.05) is 0 Å². The maximum absolute atomic E-state index is 13.0. The zero-order valence-electron chi connectivity index (χ0n) is 15.7. The molecule has 2 aliphatic heterocycles. The molecule has 1 atom stereocenters. The van der Waals surface area contributed by atoms with Crippen LogP contribution >= 0.6 is 63.7 Å². The lowest BCUT2D eigenvalue weighted by molar-refractivity contribution is 0.0212. The Labute approximate surface area is 219 Å². The van der Waals surface area contributed by atoms with Gasteiger partial charge in [-0.3, -0.25) is 4.55 Å². The van der Waals surface area contributed by atoms with E-state index in [9.17, 15) is 28.0 Å². The number of carbonyl (C=O) groups excluding carboxylic acids is 1. The largest absolute Gasteiger partial charge is 0.505 e. The molecule has 1 spiro atoms. The topological polar surface area (TPSA) is 130 Å². The highest BCUT2D eigenvalue weighted by Crippen LogP contribution is 2.64. The van der Waals surface area contributed by atoms with Gasteiger partial charge in [0.2, 0.25) is 0 Å². The smallest absolute Gasteiger partial charge is 0.340 e. The summed E-state index contributed by atoms with van der Waals surface area (Å²) in [6, 6.07) is 7.78. The fourth-order valence-electron chi connectivity index (χ4n) is 4.08. The predicted molar refractivity (Wildman–Crippen MR) is 129 cm³/mol. The van der Waals surface area contributed by atoms with E-state index in [0.717, 1.165) is 0 Å². The molecular weight excluding hydrogens is 720 g/mol. The van der Waals surface area contributed by atoms with Crippen LogP contribution < -0.4 is 4.74 Å². The second-order valence-corrected chi connectivity index (χ2v) is 11.7. The van der Waals surface area contributed by atoms with Crippen molar-refractivity contribution in [3.8, 4) is 23.0 Å². The number of hydrogen-bond acceptors (Lipinski definition) is 7. The van der Waals surface area contributed by atoms with Crippen molar-refractivity contribution in [2.24, 2.45) is 0 Å². The monoisotopic (exact) mass is 724 g/mol. The molecule has 13 heteroatoms. The molecule has 2 heterocycles. The number of ether oxygens (including phenoxy) is 2. The Morgan fingerprint density at radius 1 is 0.879 bits per heavy atom. The second kappa shape index (κ2) is 7.43. The Morgan fingerprint density at radius 2 is 1.52 bits per heavy atom. The minimum atomic E-state index is -5.00. The molecule has 0 bridgehead atoms. The fourth-order valence-corrected chi connectivity index (χ4v) is 7.86. The van der Waals surface area contributed by atoms with Crippen LogP contribution in [0.25, 0.3) is 0 Å². The molecule has 33 heavy (non-hydrogen) atoms. The Bertz CT molecular complexity index is 1540. The van der Waals surface area contributed by atoms with Crippen molar-refractivity contribution in [3.63, 3.8) is 0 Å². The van der Waals surface area contributed by atoms with Gasteiger partial charge in [-0.1, -0.05) is 18.2 Å². The average molecular weight is 728 g/mol. The van der Waals surface area contributed by atoms with Gasteiger partial charge in [-0.2, -0.15) is 8.42 Å². The first-order valence-electron chi connectivity index (χ1n) is 8.85. The summed E-state index contributed by atoms with van der Waals surface area (Å²) in [5.74, 6) is -1.77. The summed E-state index contributed by atoms with van der Waals surface area (Å²) in [4.78, 5) is 12.2. The standard InChI is InChI=1S/C20H8Br4O8S/c21-9-5-8-16(11(22)14(9)25)31-17-10(18(33(28,29)30)13(24)15(26)12(17)23)20(8)7-4-2-1-3-6(7)19(27)32-20/h1-5,25-26H,(H,28,29,30). The summed E-state index contributed by atoms with van der Waals surface area (Å²) in [6.45, 7) is 0. The van der Waals surface area contributed by atoms with Crippen LogP contribution in [-0.4, -0.2) is 29.2 Å². The number of esters is 1. The van der Waals surface area contributed by atoms with Gasteiger partial charge in [-0.15, -0.1) is 0 Å². The van der Waals surface area contributed by atoms with E-state index >= 15 is 0 Å². The zero-order chi connectivity index (χ0) is 24.0. The second-order valence-electron chi connectivity index (χ2n) is 7.10. The molecule has 3 aromatic rings. The maximum Gasteiger partial charge on any atom is 0.340 e. The fraction of sp³-hybridized carbons (Fsp3) is 0.0500. The van der Waals surface area contributed by atoms with Gasteiger partial charge >= 0.3 is 5.97 Å². The molecule has 1 unspecified atom stereocenters. The molecule has 0 aliphatic carbocycles. The highest BCUT2D eigenvalue weighted by molar-refractivity contribution is 9.11. The lowest BCUT2D eigenvalue weighted by Gasteiger charge is -2.38. The minimum Gasteiger partial charge on any atom is -0.505 e.